The lowest BCUT2D eigenvalue weighted by molar-refractivity contribution is 0.0302. The third kappa shape index (κ3) is 2.18. The average molecular weight is 260 g/mol. The Morgan fingerprint density at radius 3 is 2.58 bits per heavy atom. The van der Waals surface area contributed by atoms with Gasteiger partial charge in [-0.3, -0.25) is 5.41 Å². The molecule has 2 aliphatic heterocycles. The second-order valence-electron chi connectivity index (χ2n) is 5.56. The number of nitrogens with two attached hydrogens (primary N) is 1. The number of pyridine rings is 1. The summed E-state index contributed by atoms with van der Waals surface area (Å²) < 4.78 is 5.86. The number of hydrogen-bond donors (Lipinski definition) is 2. The summed E-state index contributed by atoms with van der Waals surface area (Å²) >= 11 is 0. The van der Waals surface area contributed by atoms with E-state index in [1.165, 1.54) is 0 Å². The van der Waals surface area contributed by atoms with Crippen molar-refractivity contribution in [3.8, 4) is 0 Å². The van der Waals surface area contributed by atoms with E-state index in [1.807, 2.05) is 19.9 Å². The molecule has 5 heteroatoms. The van der Waals surface area contributed by atoms with Crippen LogP contribution in [-0.2, 0) is 4.74 Å². The molecule has 0 aromatic carbocycles. The Balaban J connectivity index is 2.01. The van der Waals surface area contributed by atoms with E-state index in [9.17, 15) is 0 Å². The highest BCUT2D eigenvalue weighted by Gasteiger charge is 2.35. The molecule has 5 nitrogen and oxygen atoms in total. The molecule has 1 aromatic heterocycles. The first kappa shape index (κ1) is 12.4. The second kappa shape index (κ2) is 4.49. The lowest BCUT2D eigenvalue weighted by Gasteiger charge is -2.34. The molecule has 0 amide bonds. The third-order valence-electron chi connectivity index (χ3n) is 3.94. The summed E-state index contributed by atoms with van der Waals surface area (Å²) in [5, 5.41) is 7.80. The number of ether oxygens (including phenoxy) is 1. The summed E-state index contributed by atoms with van der Waals surface area (Å²) in [6.07, 6.45) is 2.87. The maximum atomic E-state index is 7.80. The van der Waals surface area contributed by atoms with Gasteiger partial charge >= 0.3 is 0 Å². The first-order valence-electron chi connectivity index (χ1n) is 6.77. The van der Waals surface area contributed by atoms with E-state index in [2.05, 4.69) is 9.88 Å². The van der Waals surface area contributed by atoms with Gasteiger partial charge in [0.2, 0.25) is 0 Å². The number of amidine groups is 1. The zero-order chi connectivity index (χ0) is 13.6. The highest BCUT2D eigenvalue weighted by Crippen LogP contribution is 2.31. The molecule has 2 saturated heterocycles. The molecule has 3 heterocycles. The van der Waals surface area contributed by atoms with Crippen LogP contribution in [0.3, 0.4) is 0 Å². The number of rotatable bonds is 2. The van der Waals surface area contributed by atoms with Crippen molar-refractivity contribution in [2.45, 2.75) is 38.9 Å². The van der Waals surface area contributed by atoms with Gasteiger partial charge in [0.15, 0.2) is 0 Å². The molecule has 2 unspecified atom stereocenters. The Morgan fingerprint density at radius 2 is 2.00 bits per heavy atom. The maximum absolute atomic E-state index is 7.80. The molecule has 2 bridgehead atoms. The van der Waals surface area contributed by atoms with Crippen molar-refractivity contribution in [1.82, 2.24) is 4.98 Å². The molecule has 0 saturated carbocycles. The quantitative estimate of drug-likeness (QED) is 0.621. The number of fused-ring (bicyclic) bond motifs is 2. The molecular formula is C14H20N4O. The van der Waals surface area contributed by atoms with E-state index < -0.39 is 0 Å². The van der Waals surface area contributed by atoms with Crippen LogP contribution in [0, 0.1) is 19.3 Å². The Hall–Kier alpha value is -1.62. The number of anilines is 1. The van der Waals surface area contributed by atoms with Crippen LogP contribution in [0.1, 0.15) is 29.7 Å². The molecule has 3 rings (SSSR count). The summed E-state index contributed by atoms with van der Waals surface area (Å²) in [4.78, 5) is 6.86. The van der Waals surface area contributed by atoms with Gasteiger partial charge in [0.25, 0.3) is 0 Å². The number of nitrogens with zero attached hydrogens (tertiary/aromatic N) is 2. The molecule has 1 aromatic rings. The largest absolute Gasteiger partial charge is 0.384 e. The SMILES string of the molecule is Cc1cc(C)c(C(=N)N)c(N2CC3CCC(C2)O3)n1. The topological polar surface area (TPSA) is 75.2 Å². The number of aryl methyl sites for hydroxylation is 2. The van der Waals surface area contributed by atoms with Crippen LogP contribution in [0.4, 0.5) is 5.82 Å². The molecule has 19 heavy (non-hydrogen) atoms. The lowest BCUT2D eigenvalue weighted by atomic mass is 10.1. The van der Waals surface area contributed by atoms with Gasteiger partial charge in [-0.05, 0) is 38.3 Å². The standard InChI is InChI=1S/C14H20N4O/c1-8-5-9(2)17-14(12(8)13(15)16)18-6-10-3-4-11(7-18)19-10/h5,10-11H,3-4,6-7H2,1-2H3,(H3,15,16). The summed E-state index contributed by atoms with van der Waals surface area (Å²) in [6.45, 7) is 5.68. The minimum Gasteiger partial charge on any atom is -0.384 e. The van der Waals surface area contributed by atoms with Gasteiger partial charge in [0.05, 0.1) is 17.8 Å². The smallest absolute Gasteiger partial charge is 0.140 e. The fourth-order valence-corrected chi connectivity index (χ4v) is 3.17. The van der Waals surface area contributed by atoms with Crippen LogP contribution in [0.2, 0.25) is 0 Å². The highest BCUT2D eigenvalue weighted by molar-refractivity contribution is 6.01. The van der Waals surface area contributed by atoms with E-state index in [4.69, 9.17) is 15.9 Å². The van der Waals surface area contributed by atoms with Crippen molar-refractivity contribution >= 4 is 11.7 Å². The summed E-state index contributed by atoms with van der Waals surface area (Å²) in [7, 11) is 0. The van der Waals surface area contributed by atoms with Crippen molar-refractivity contribution in [3.05, 3.63) is 22.9 Å². The van der Waals surface area contributed by atoms with Gasteiger partial charge in [-0.15, -0.1) is 0 Å². The predicted octanol–water partition coefficient (Wildman–Crippen LogP) is 1.35. The van der Waals surface area contributed by atoms with Crippen LogP contribution in [0.25, 0.3) is 0 Å². The molecule has 2 fully saturated rings. The minimum absolute atomic E-state index is 0.0961. The van der Waals surface area contributed by atoms with Gasteiger partial charge in [-0.25, -0.2) is 4.98 Å². The van der Waals surface area contributed by atoms with E-state index in [-0.39, 0.29) is 5.84 Å². The number of nitrogen functional groups attached to an aromatic ring is 1. The minimum atomic E-state index is 0.0961. The highest BCUT2D eigenvalue weighted by atomic mass is 16.5. The zero-order valence-electron chi connectivity index (χ0n) is 11.4. The van der Waals surface area contributed by atoms with Gasteiger partial charge in [-0.1, -0.05) is 0 Å². The average Bonchev–Trinajstić information content (AvgIpc) is 2.66. The first-order chi connectivity index (χ1) is 9.04. The van der Waals surface area contributed by atoms with Crippen LogP contribution in [0.15, 0.2) is 6.07 Å². The predicted molar refractivity (Wildman–Crippen MR) is 74.8 cm³/mol. The van der Waals surface area contributed by atoms with E-state index in [0.717, 1.165) is 48.6 Å². The molecule has 0 spiro atoms. The molecule has 0 aliphatic carbocycles. The Bertz CT molecular complexity index is 516. The van der Waals surface area contributed by atoms with Gasteiger partial charge in [0, 0.05) is 18.8 Å². The van der Waals surface area contributed by atoms with Crippen molar-refractivity contribution in [1.29, 1.82) is 5.41 Å². The van der Waals surface area contributed by atoms with Crippen LogP contribution in [-0.4, -0.2) is 36.1 Å². The van der Waals surface area contributed by atoms with Crippen LogP contribution < -0.4 is 10.6 Å². The Morgan fingerprint density at radius 1 is 1.37 bits per heavy atom. The van der Waals surface area contributed by atoms with Gasteiger partial charge in [0.1, 0.15) is 11.7 Å². The van der Waals surface area contributed by atoms with Crippen molar-refractivity contribution in [3.63, 3.8) is 0 Å². The fraction of sp³-hybridized carbons (Fsp3) is 0.571. The van der Waals surface area contributed by atoms with Crippen molar-refractivity contribution < 1.29 is 4.74 Å². The third-order valence-corrected chi connectivity index (χ3v) is 3.94. The van der Waals surface area contributed by atoms with Crippen LogP contribution >= 0.6 is 0 Å². The molecule has 2 aliphatic rings. The lowest BCUT2D eigenvalue weighted by Crippen LogP contribution is -2.44. The van der Waals surface area contributed by atoms with E-state index in [0.29, 0.717) is 12.2 Å². The number of aromatic nitrogens is 1. The number of hydrogen-bond acceptors (Lipinski definition) is 4. The Kier molecular flexibility index (Phi) is 2.93. The number of morpholine rings is 1. The van der Waals surface area contributed by atoms with E-state index in [1.54, 1.807) is 0 Å². The zero-order valence-corrected chi connectivity index (χ0v) is 11.4. The molecule has 2 atom stereocenters. The van der Waals surface area contributed by atoms with Crippen molar-refractivity contribution in [2.75, 3.05) is 18.0 Å². The summed E-state index contributed by atoms with van der Waals surface area (Å²) in [5.74, 6) is 0.948. The monoisotopic (exact) mass is 260 g/mol. The molecule has 3 N–H and O–H groups in total. The first-order valence-corrected chi connectivity index (χ1v) is 6.77. The van der Waals surface area contributed by atoms with Gasteiger partial charge < -0.3 is 15.4 Å². The molecular weight excluding hydrogens is 240 g/mol. The molecule has 0 radical (unpaired) electrons. The van der Waals surface area contributed by atoms with Crippen molar-refractivity contribution in [2.24, 2.45) is 5.73 Å². The van der Waals surface area contributed by atoms with E-state index >= 15 is 0 Å². The van der Waals surface area contributed by atoms with Gasteiger partial charge in [-0.2, -0.15) is 0 Å². The maximum Gasteiger partial charge on any atom is 0.140 e. The summed E-state index contributed by atoms with van der Waals surface area (Å²) in [6, 6.07) is 1.98. The normalized spacial score (nSPS) is 25.7. The summed E-state index contributed by atoms with van der Waals surface area (Å²) in [5.41, 5.74) is 8.50. The second-order valence-corrected chi connectivity index (χ2v) is 5.56. The molecule has 102 valence electrons. The number of nitrogens with one attached hydrogen (secondary N) is 1. The van der Waals surface area contributed by atoms with Crippen LogP contribution in [0.5, 0.6) is 0 Å². The fourth-order valence-electron chi connectivity index (χ4n) is 3.17. The Labute approximate surface area is 113 Å².